The summed E-state index contributed by atoms with van der Waals surface area (Å²) in [5.41, 5.74) is 0. The second-order valence-corrected chi connectivity index (χ2v) is 17.7. The molecule has 0 aliphatic carbocycles. The Morgan fingerprint density at radius 1 is 0.600 bits per heavy atom. The molecule has 1 saturated heterocycles. The van der Waals surface area contributed by atoms with Gasteiger partial charge in [0.2, 0.25) is 0 Å². The van der Waals surface area contributed by atoms with Crippen LogP contribution in [0.5, 0.6) is 0 Å². The van der Waals surface area contributed by atoms with Gasteiger partial charge in [0.15, 0.2) is 6.29 Å². The van der Waals surface area contributed by atoms with Crippen LogP contribution in [-0.2, 0) is 38.3 Å². The molecule has 12 nitrogen and oxygen atoms in total. The molecule has 0 bridgehead atoms. The van der Waals surface area contributed by atoms with Crippen molar-refractivity contribution in [3.63, 3.8) is 0 Å². The average molecular weight is 937 g/mol. The lowest BCUT2D eigenvalue weighted by atomic mass is 9.99. The molecule has 4 N–H and O–H groups in total. The predicted octanol–water partition coefficient (Wildman–Crippen LogP) is 11.2. The Bertz CT molecular complexity index is 1450. The van der Waals surface area contributed by atoms with Crippen molar-refractivity contribution >= 4 is 16.4 Å². The van der Waals surface area contributed by atoms with Gasteiger partial charge in [-0.1, -0.05) is 163 Å². The van der Waals surface area contributed by atoms with Crippen LogP contribution >= 0.6 is 0 Å². The first-order valence-electron chi connectivity index (χ1n) is 24.8. The summed E-state index contributed by atoms with van der Waals surface area (Å²) in [5, 5.41) is 30.7. The first-order chi connectivity index (χ1) is 31.6. The topological polar surface area (TPSA) is 178 Å². The number of hydrogen-bond acceptors (Lipinski definition) is 11. The fourth-order valence-corrected chi connectivity index (χ4v) is 7.53. The Balaban J connectivity index is 2.41. The molecular formula is C52H88O12S. The van der Waals surface area contributed by atoms with Gasteiger partial charge >= 0.3 is 16.4 Å². The average Bonchev–Trinajstić information content (AvgIpc) is 3.28. The lowest BCUT2D eigenvalue weighted by Gasteiger charge is -2.41. The zero-order chi connectivity index (χ0) is 47.5. The number of aliphatic hydroxyl groups excluding tert-OH is 3. The summed E-state index contributed by atoms with van der Waals surface area (Å²) in [6, 6.07) is 0. The number of ether oxygens (including phenoxy) is 4. The molecule has 0 spiro atoms. The highest BCUT2D eigenvalue weighted by Gasteiger charge is 2.48. The lowest BCUT2D eigenvalue weighted by Crippen LogP contribution is -2.60. The Morgan fingerprint density at radius 2 is 1.06 bits per heavy atom. The van der Waals surface area contributed by atoms with Crippen LogP contribution in [0.15, 0.2) is 85.1 Å². The van der Waals surface area contributed by atoms with Gasteiger partial charge in [-0.05, 0) is 89.9 Å². The monoisotopic (exact) mass is 937 g/mol. The van der Waals surface area contributed by atoms with Crippen LogP contribution < -0.4 is 0 Å². The van der Waals surface area contributed by atoms with E-state index in [1.165, 1.54) is 32.1 Å². The number of rotatable bonds is 42. The molecule has 0 aromatic rings. The van der Waals surface area contributed by atoms with Gasteiger partial charge in [0.05, 0.1) is 19.8 Å². The summed E-state index contributed by atoms with van der Waals surface area (Å²) in [6.07, 6.45) is 47.5. The van der Waals surface area contributed by atoms with Crippen molar-refractivity contribution in [2.24, 2.45) is 0 Å². The molecule has 374 valence electrons. The van der Waals surface area contributed by atoms with Gasteiger partial charge in [0.1, 0.15) is 30.5 Å². The molecule has 0 saturated carbocycles. The van der Waals surface area contributed by atoms with Crippen LogP contribution in [0.3, 0.4) is 0 Å². The van der Waals surface area contributed by atoms with Gasteiger partial charge in [-0.25, -0.2) is 4.18 Å². The van der Waals surface area contributed by atoms with Crippen LogP contribution in [-0.4, -0.2) is 97.5 Å². The van der Waals surface area contributed by atoms with E-state index in [4.69, 9.17) is 18.9 Å². The number of esters is 1. The van der Waals surface area contributed by atoms with E-state index in [9.17, 15) is 33.1 Å². The maximum absolute atomic E-state index is 12.9. The zero-order valence-electron chi connectivity index (χ0n) is 40.0. The van der Waals surface area contributed by atoms with E-state index in [2.05, 4.69) is 103 Å². The third-order valence-electron chi connectivity index (χ3n) is 10.8. The largest absolute Gasteiger partial charge is 0.457 e. The van der Waals surface area contributed by atoms with Crippen molar-refractivity contribution < 1.29 is 56.2 Å². The molecular weight excluding hydrogens is 849 g/mol. The van der Waals surface area contributed by atoms with E-state index in [0.29, 0.717) is 13.0 Å². The molecule has 0 aromatic heterocycles. The lowest BCUT2D eigenvalue weighted by molar-refractivity contribution is -0.301. The number of allylic oxidation sites excluding steroid dienone is 14. The third-order valence-corrected chi connectivity index (χ3v) is 11.2. The minimum absolute atomic E-state index is 0.0150. The van der Waals surface area contributed by atoms with Crippen molar-refractivity contribution in [1.82, 2.24) is 0 Å². The maximum Gasteiger partial charge on any atom is 0.397 e. The van der Waals surface area contributed by atoms with Gasteiger partial charge in [0.25, 0.3) is 0 Å². The zero-order valence-corrected chi connectivity index (χ0v) is 40.8. The van der Waals surface area contributed by atoms with Gasteiger partial charge in [-0.2, -0.15) is 8.42 Å². The molecule has 6 atom stereocenters. The minimum Gasteiger partial charge on any atom is -0.457 e. The first kappa shape index (κ1) is 60.3. The van der Waals surface area contributed by atoms with Crippen molar-refractivity contribution in [3.8, 4) is 0 Å². The fourth-order valence-electron chi connectivity index (χ4n) is 7.02. The quantitative estimate of drug-likeness (QED) is 0.0197. The van der Waals surface area contributed by atoms with Gasteiger partial charge in [-0.3, -0.25) is 9.35 Å². The highest BCUT2D eigenvalue weighted by atomic mass is 32.3. The summed E-state index contributed by atoms with van der Waals surface area (Å²) in [4.78, 5) is 12.9. The van der Waals surface area contributed by atoms with Crippen LogP contribution in [0, 0.1) is 0 Å². The van der Waals surface area contributed by atoms with E-state index in [-0.39, 0.29) is 19.6 Å². The Morgan fingerprint density at radius 3 is 1.55 bits per heavy atom. The standard InChI is InChI=1S/C52H88O12S/c1-3-5-7-9-11-13-15-17-19-21-22-23-24-25-26-28-30-32-34-36-38-40-42-60-44-46(45-61-52-50(56)51(64-65(57,58)59)49(55)47(43-53)63-52)62-48(54)41-39-37-35-33-31-29-27-20-18-16-14-12-10-8-6-4-2/h5,7,11,13-14,16-17,19-20,22-23,25-27,46-47,49-53,55-56H,3-4,6,8-10,12,15,18,21,24,28-45H2,1-2H3,(H,57,58,59)/b7-5-,13-11-,16-14-,19-17-,23-22-,26-25-,27-20-. The Hall–Kier alpha value is -2.72. The molecule has 1 aliphatic rings. The maximum atomic E-state index is 12.9. The number of unbranched alkanes of at least 4 members (excludes halogenated alkanes) is 15. The van der Waals surface area contributed by atoms with Crippen LogP contribution in [0.2, 0.25) is 0 Å². The van der Waals surface area contributed by atoms with Crippen LogP contribution in [0.4, 0.5) is 0 Å². The molecule has 0 radical (unpaired) electrons. The smallest absolute Gasteiger partial charge is 0.397 e. The van der Waals surface area contributed by atoms with E-state index in [1.807, 2.05) is 0 Å². The van der Waals surface area contributed by atoms with E-state index < -0.39 is 59.8 Å². The third kappa shape index (κ3) is 36.1. The van der Waals surface area contributed by atoms with Gasteiger partial charge < -0.3 is 34.3 Å². The molecule has 0 amide bonds. The highest BCUT2D eigenvalue weighted by molar-refractivity contribution is 7.80. The van der Waals surface area contributed by atoms with Crippen molar-refractivity contribution in [2.45, 2.75) is 211 Å². The number of carbonyl (C=O) groups excluding carboxylic acids is 1. The van der Waals surface area contributed by atoms with Gasteiger partial charge in [0, 0.05) is 13.0 Å². The minimum atomic E-state index is -5.07. The molecule has 1 rings (SSSR count). The predicted molar refractivity (Wildman–Crippen MR) is 262 cm³/mol. The number of aliphatic hydroxyl groups is 3. The summed E-state index contributed by atoms with van der Waals surface area (Å²) in [5.74, 6) is -0.422. The number of carbonyl (C=O) groups is 1. The summed E-state index contributed by atoms with van der Waals surface area (Å²) in [6.45, 7) is 3.79. The van der Waals surface area contributed by atoms with Gasteiger partial charge in [-0.15, -0.1) is 0 Å². The molecule has 1 aliphatic heterocycles. The first-order valence-corrected chi connectivity index (χ1v) is 26.2. The van der Waals surface area contributed by atoms with Crippen LogP contribution in [0.1, 0.15) is 174 Å². The SMILES string of the molecule is CC/C=C\C/C=C\C/C=C\C/C=C\C/C=C\CCCCCCCCOCC(COC1OC(CO)C(O)C(OS(=O)(=O)O)C1O)OC(=O)CCCCCCC/C=C\C/C=C\CCCCCC. The molecule has 13 heteroatoms. The van der Waals surface area contributed by atoms with Crippen LogP contribution in [0.25, 0.3) is 0 Å². The molecule has 65 heavy (non-hydrogen) atoms. The van der Waals surface area contributed by atoms with Crippen molar-refractivity contribution in [3.05, 3.63) is 85.1 Å². The van der Waals surface area contributed by atoms with E-state index >= 15 is 0 Å². The molecule has 6 unspecified atom stereocenters. The van der Waals surface area contributed by atoms with Crippen molar-refractivity contribution in [2.75, 3.05) is 26.4 Å². The Labute approximate surface area is 393 Å². The fraction of sp³-hybridized carbons (Fsp3) is 0.712. The molecule has 1 heterocycles. The molecule has 1 fully saturated rings. The second-order valence-electron chi connectivity index (χ2n) is 16.7. The number of hydrogen-bond donors (Lipinski definition) is 4. The second kappa shape index (κ2) is 42.6. The van der Waals surface area contributed by atoms with E-state index in [0.717, 1.165) is 116 Å². The summed E-state index contributed by atoms with van der Waals surface area (Å²) >= 11 is 0. The summed E-state index contributed by atoms with van der Waals surface area (Å²) in [7, 11) is -5.07. The van der Waals surface area contributed by atoms with Crippen molar-refractivity contribution in [1.29, 1.82) is 0 Å². The highest BCUT2D eigenvalue weighted by Crippen LogP contribution is 2.26. The Kier molecular flexibility index (Phi) is 39.5. The summed E-state index contributed by atoms with van der Waals surface area (Å²) < 4.78 is 59.2. The molecule has 0 aromatic carbocycles. The normalized spacial score (nSPS) is 20.4. The van der Waals surface area contributed by atoms with E-state index in [1.54, 1.807) is 0 Å².